The number of thiazole rings is 1. The second-order valence-corrected chi connectivity index (χ2v) is 8.65. The molecule has 4 rings (SSSR count). The van der Waals surface area contributed by atoms with E-state index in [1.165, 1.54) is 36.4 Å². The molecule has 0 saturated heterocycles. The molecule has 0 saturated carbocycles. The fraction of sp³-hybridized carbons (Fsp3) is 0.261. The molecular weight excluding hydrogens is 448 g/mol. The van der Waals surface area contributed by atoms with Gasteiger partial charge in [-0.3, -0.25) is 0 Å². The summed E-state index contributed by atoms with van der Waals surface area (Å²) in [6, 6.07) is 17.4. The molecular formula is C23H25BrN2S2. The minimum atomic E-state index is 0. The van der Waals surface area contributed by atoms with E-state index in [4.69, 9.17) is 0 Å². The first kappa shape index (κ1) is 21.2. The lowest BCUT2D eigenvalue weighted by atomic mass is 10.2. The molecule has 0 amide bonds. The number of allylic oxidation sites excluding steroid dienone is 2. The Balaban J connectivity index is 0.00000225. The maximum absolute atomic E-state index is 2.42. The first-order valence-corrected chi connectivity index (χ1v) is 11.3. The summed E-state index contributed by atoms with van der Waals surface area (Å²) in [5.41, 5.74) is 4.03. The number of benzene rings is 2. The van der Waals surface area contributed by atoms with Gasteiger partial charge in [0.1, 0.15) is 11.2 Å². The minimum absolute atomic E-state index is 0. The molecule has 0 radical (unpaired) electrons. The smallest absolute Gasteiger partial charge is 0.263 e. The van der Waals surface area contributed by atoms with Gasteiger partial charge in [-0.1, -0.05) is 54.3 Å². The molecule has 0 N–H and O–H groups in total. The van der Waals surface area contributed by atoms with Crippen molar-refractivity contribution in [3.05, 3.63) is 70.2 Å². The van der Waals surface area contributed by atoms with E-state index in [0.29, 0.717) is 0 Å². The molecule has 2 nitrogen and oxygen atoms in total. The molecule has 5 heteroatoms. The van der Waals surface area contributed by atoms with Crippen molar-refractivity contribution < 1.29 is 21.5 Å². The molecule has 2 aromatic carbocycles. The quantitative estimate of drug-likeness (QED) is 0.524. The lowest BCUT2D eigenvalue weighted by molar-refractivity contribution is -0.665. The van der Waals surface area contributed by atoms with E-state index in [9.17, 15) is 0 Å². The first-order valence-electron chi connectivity index (χ1n) is 9.63. The van der Waals surface area contributed by atoms with Gasteiger partial charge in [0.15, 0.2) is 0 Å². The summed E-state index contributed by atoms with van der Waals surface area (Å²) in [7, 11) is 0. The number of hydrogen-bond acceptors (Lipinski definition) is 3. The van der Waals surface area contributed by atoms with E-state index in [2.05, 4.69) is 90.9 Å². The van der Waals surface area contributed by atoms with Crippen molar-refractivity contribution in [2.24, 2.45) is 0 Å². The van der Waals surface area contributed by atoms with Crippen LogP contribution in [-0.2, 0) is 6.54 Å². The van der Waals surface area contributed by atoms with Crippen molar-refractivity contribution in [1.29, 1.82) is 0 Å². The van der Waals surface area contributed by atoms with Gasteiger partial charge in [-0.2, -0.15) is 4.57 Å². The van der Waals surface area contributed by atoms with Crippen LogP contribution in [0, 0.1) is 0 Å². The summed E-state index contributed by atoms with van der Waals surface area (Å²) in [4.78, 5) is 3.77. The van der Waals surface area contributed by atoms with Gasteiger partial charge in [-0.25, -0.2) is 0 Å². The highest BCUT2D eigenvalue weighted by atomic mass is 79.9. The van der Waals surface area contributed by atoms with Gasteiger partial charge in [0.05, 0.1) is 10.7 Å². The topological polar surface area (TPSA) is 7.12 Å². The summed E-state index contributed by atoms with van der Waals surface area (Å²) in [5.74, 6) is 0. The summed E-state index contributed by atoms with van der Waals surface area (Å²) in [6.07, 6.45) is 5.77. The highest BCUT2D eigenvalue weighted by Gasteiger charge is 2.24. The van der Waals surface area contributed by atoms with Gasteiger partial charge in [-0.05, 0) is 50.1 Å². The Hall–Kier alpha value is -1.56. The van der Waals surface area contributed by atoms with Crippen molar-refractivity contribution in [1.82, 2.24) is 0 Å². The number of para-hydroxylation sites is 2. The van der Waals surface area contributed by atoms with E-state index >= 15 is 0 Å². The largest absolute Gasteiger partial charge is 1.00 e. The van der Waals surface area contributed by atoms with Crippen LogP contribution in [-0.4, -0.2) is 6.54 Å². The highest BCUT2D eigenvalue weighted by Crippen LogP contribution is 2.46. The first-order chi connectivity index (χ1) is 13.2. The van der Waals surface area contributed by atoms with E-state index in [1.54, 1.807) is 0 Å². The number of anilines is 1. The molecule has 1 aliphatic heterocycles. The molecule has 3 aromatic rings. The molecule has 0 fully saturated rings. The third-order valence-electron chi connectivity index (χ3n) is 4.93. The maximum atomic E-state index is 2.42. The van der Waals surface area contributed by atoms with Crippen LogP contribution in [0.15, 0.2) is 70.1 Å². The predicted molar refractivity (Wildman–Crippen MR) is 119 cm³/mol. The number of thioether (sulfide) groups is 1. The molecule has 28 heavy (non-hydrogen) atoms. The number of hydrogen-bond donors (Lipinski definition) is 0. The van der Waals surface area contributed by atoms with Crippen LogP contribution < -0.4 is 26.4 Å². The van der Waals surface area contributed by atoms with Gasteiger partial charge < -0.3 is 21.9 Å². The van der Waals surface area contributed by atoms with Gasteiger partial charge in [0.25, 0.3) is 5.01 Å². The van der Waals surface area contributed by atoms with Crippen molar-refractivity contribution in [2.75, 3.05) is 11.4 Å². The number of aryl methyl sites for hydroxylation is 1. The van der Waals surface area contributed by atoms with E-state index in [-0.39, 0.29) is 17.0 Å². The Morgan fingerprint density at radius 1 is 1.04 bits per heavy atom. The highest BCUT2D eigenvalue weighted by molar-refractivity contribution is 8.03. The lowest BCUT2D eigenvalue weighted by Crippen LogP contribution is -3.00. The summed E-state index contributed by atoms with van der Waals surface area (Å²) in [6.45, 7) is 8.68. The van der Waals surface area contributed by atoms with E-state index in [1.807, 2.05) is 23.1 Å². The molecule has 0 atom stereocenters. The number of rotatable bonds is 5. The summed E-state index contributed by atoms with van der Waals surface area (Å²) in [5, 5.41) is 2.66. The zero-order valence-corrected chi connectivity index (χ0v) is 19.7. The van der Waals surface area contributed by atoms with Gasteiger partial charge in [-0.15, -0.1) is 0 Å². The van der Waals surface area contributed by atoms with E-state index < -0.39 is 0 Å². The van der Waals surface area contributed by atoms with Crippen LogP contribution in [0.5, 0.6) is 0 Å². The maximum Gasteiger partial charge on any atom is 0.263 e. The Bertz CT molecular complexity index is 1040. The van der Waals surface area contributed by atoms with Crippen LogP contribution in [0.25, 0.3) is 16.3 Å². The SMILES string of the molecule is CCC(=Cc1sc2ccccc2[n+]1CC)C=C1Sc2ccccc2N1CC.[Br-]. The van der Waals surface area contributed by atoms with Crippen molar-refractivity contribution in [2.45, 2.75) is 38.6 Å². The average molecular weight is 474 g/mol. The molecule has 0 bridgehead atoms. The summed E-state index contributed by atoms with van der Waals surface area (Å²) < 4.78 is 3.77. The average Bonchev–Trinajstić information content (AvgIpc) is 3.23. The normalized spacial score (nSPS) is 15.2. The number of aromatic nitrogens is 1. The monoisotopic (exact) mass is 472 g/mol. The third-order valence-corrected chi connectivity index (χ3v) is 7.16. The van der Waals surface area contributed by atoms with E-state index in [0.717, 1.165) is 19.5 Å². The molecule has 1 aromatic heterocycles. The zero-order chi connectivity index (χ0) is 18.8. The van der Waals surface area contributed by atoms with Crippen LogP contribution >= 0.6 is 23.1 Å². The van der Waals surface area contributed by atoms with Crippen molar-refractivity contribution >= 4 is 45.1 Å². The number of fused-ring (bicyclic) bond motifs is 2. The Morgan fingerprint density at radius 2 is 1.79 bits per heavy atom. The van der Waals surface area contributed by atoms with Crippen LogP contribution in [0.3, 0.4) is 0 Å². The Morgan fingerprint density at radius 3 is 2.54 bits per heavy atom. The fourth-order valence-corrected chi connectivity index (χ4v) is 5.94. The predicted octanol–water partition coefficient (Wildman–Crippen LogP) is 3.48. The van der Waals surface area contributed by atoms with Gasteiger partial charge in [0.2, 0.25) is 5.52 Å². The Kier molecular flexibility index (Phi) is 7.02. The second-order valence-electron chi connectivity index (χ2n) is 6.52. The van der Waals surface area contributed by atoms with Crippen molar-refractivity contribution in [3.63, 3.8) is 0 Å². The standard InChI is InChI=1S/C23H25N2S2.BrH/c1-4-17(15-22-24(5-2)18-11-7-9-13-20(18)26-22)16-23-25(6-3)19-12-8-10-14-21(19)27-23;/h7-16H,4-6H2,1-3H3;1H/q+1;/p-1. The molecule has 1 aliphatic rings. The van der Waals surface area contributed by atoms with Crippen molar-refractivity contribution in [3.8, 4) is 0 Å². The second kappa shape index (κ2) is 9.29. The number of halogens is 1. The fourth-order valence-electron chi connectivity index (χ4n) is 3.54. The van der Waals surface area contributed by atoms with Crippen LogP contribution in [0.2, 0.25) is 0 Å². The molecule has 2 heterocycles. The minimum Gasteiger partial charge on any atom is -1.00 e. The van der Waals surface area contributed by atoms with Crippen LogP contribution in [0.1, 0.15) is 32.2 Å². The molecule has 0 spiro atoms. The van der Waals surface area contributed by atoms with Crippen LogP contribution in [0.4, 0.5) is 5.69 Å². The molecule has 0 aliphatic carbocycles. The summed E-state index contributed by atoms with van der Waals surface area (Å²) >= 11 is 3.76. The van der Waals surface area contributed by atoms with Gasteiger partial charge >= 0.3 is 0 Å². The lowest BCUT2D eigenvalue weighted by Gasteiger charge is -2.18. The molecule has 146 valence electrons. The molecule has 0 unspecified atom stereocenters. The zero-order valence-electron chi connectivity index (χ0n) is 16.5. The number of nitrogens with zero attached hydrogens (tertiary/aromatic N) is 2. The Labute approximate surface area is 186 Å². The third kappa shape index (κ3) is 3.93. The van der Waals surface area contributed by atoms with Gasteiger partial charge in [0, 0.05) is 23.6 Å².